The molecule has 0 bridgehead atoms. The van der Waals surface area contributed by atoms with E-state index in [4.69, 9.17) is 52.5 Å². The van der Waals surface area contributed by atoms with Crippen LogP contribution in [0.5, 0.6) is 0 Å². The van der Waals surface area contributed by atoms with Crippen LogP contribution in [-0.4, -0.2) is 151 Å². The van der Waals surface area contributed by atoms with Crippen LogP contribution in [0.1, 0.15) is 62.3 Å². The van der Waals surface area contributed by atoms with Crippen molar-refractivity contribution in [3.8, 4) is 0 Å². The van der Waals surface area contributed by atoms with Crippen LogP contribution in [0.2, 0.25) is 0 Å². The SMILES string of the molecule is COCC(O)COC(C)COC(C)COC(C)COC(C)COC(C)COC(C)COC(C)COC(C)COC(C)CO. The van der Waals surface area contributed by atoms with Crippen LogP contribution < -0.4 is 0 Å². The van der Waals surface area contributed by atoms with Gasteiger partial charge in [0.1, 0.15) is 6.10 Å². The molecule has 12 nitrogen and oxygen atoms in total. The van der Waals surface area contributed by atoms with Crippen molar-refractivity contribution in [2.24, 2.45) is 0 Å². The largest absolute Gasteiger partial charge is 0.394 e. The average Bonchev–Trinajstić information content (AvgIpc) is 2.98. The smallest absolute Gasteiger partial charge is 0.101 e. The zero-order valence-electron chi connectivity index (χ0n) is 28.5. The summed E-state index contributed by atoms with van der Waals surface area (Å²) in [6, 6.07) is 0. The van der Waals surface area contributed by atoms with Gasteiger partial charge in [-0.1, -0.05) is 0 Å². The van der Waals surface area contributed by atoms with Crippen molar-refractivity contribution < 1.29 is 57.6 Å². The summed E-state index contributed by atoms with van der Waals surface area (Å²) in [5.41, 5.74) is 0. The van der Waals surface area contributed by atoms with Crippen molar-refractivity contribution in [2.45, 2.75) is 123 Å². The maximum atomic E-state index is 9.65. The molecule has 12 heteroatoms. The Labute approximate surface area is 260 Å². The monoisotopic (exact) mass is 628 g/mol. The van der Waals surface area contributed by atoms with E-state index >= 15 is 0 Å². The Morgan fingerprint density at radius 2 is 0.558 bits per heavy atom. The van der Waals surface area contributed by atoms with Gasteiger partial charge >= 0.3 is 0 Å². The van der Waals surface area contributed by atoms with Crippen molar-refractivity contribution >= 4 is 0 Å². The van der Waals surface area contributed by atoms with Crippen molar-refractivity contribution in [1.29, 1.82) is 0 Å². The molecule has 0 spiro atoms. The van der Waals surface area contributed by atoms with Crippen LogP contribution in [0.15, 0.2) is 0 Å². The summed E-state index contributed by atoms with van der Waals surface area (Å²) in [7, 11) is 1.54. The lowest BCUT2D eigenvalue weighted by molar-refractivity contribution is -0.112. The van der Waals surface area contributed by atoms with Crippen LogP contribution in [0.3, 0.4) is 0 Å². The van der Waals surface area contributed by atoms with Crippen LogP contribution in [0, 0.1) is 0 Å². The number of methoxy groups -OCH3 is 1. The Morgan fingerprint density at radius 1 is 0.349 bits per heavy atom. The molecule has 260 valence electrons. The zero-order chi connectivity index (χ0) is 32.6. The molecule has 0 saturated carbocycles. The first kappa shape index (κ1) is 42.5. The third-order valence-electron chi connectivity index (χ3n) is 6.11. The lowest BCUT2D eigenvalue weighted by Gasteiger charge is -2.23. The molecule has 43 heavy (non-hydrogen) atoms. The number of ether oxygens (including phenoxy) is 10. The van der Waals surface area contributed by atoms with Gasteiger partial charge in [0.15, 0.2) is 0 Å². The molecule has 0 fully saturated rings. The Balaban J connectivity index is 3.89. The lowest BCUT2D eigenvalue weighted by Crippen LogP contribution is -2.31. The summed E-state index contributed by atoms with van der Waals surface area (Å²) in [6.07, 6.45) is -1.57. The van der Waals surface area contributed by atoms with E-state index in [-0.39, 0.29) is 74.8 Å². The minimum Gasteiger partial charge on any atom is -0.394 e. The van der Waals surface area contributed by atoms with E-state index in [2.05, 4.69) is 0 Å². The van der Waals surface area contributed by atoms with Gasteiger partial charge in [-0.25, -0.2) is 0 Å². The van der Waals surface area contributed by atoms with E-state index in [0.29, 0.717) is 52.9 Å². The Hall–Kier alpha value is -0.480. The summed E-state index contributed by atoms with van der Waals surface area (Å²) >= 11 is 0. The quantitative estimate of drug-likeness (QED) is 0.121. The molecule has 0 radical (unpaired) electrons. The first-order valence-electron chi connectivity index (χ1n) is 15.7. The van der Waals surface area contributed by atoms with Crippen LogP contribution in [-0.2, 0) is 47.4 Å². The Kier molecular flexibility index (Phi) is 26.4. The third kappa shape index (κ3) is 26.4. The molecule has 2 N–H and O–H groups in total. The normalized spacial score (nSPS) is 19.3. The highest BCUT2D eigenvalue weighted by Crippen LogP contribution is 2.06. The number of hydrogen-bond donors (Lipinski definition) is 2. The molecule has 0 aliphatic heterocycles. The highest BCUT2D eigenvalue weighted by molar-refractivity contribution is 4.60. The maximum Gasteiger partial charge on any atom is 0.101 e. The zero-order valence-corrected chi connectivity index (χ0v) is 28.5. The van der Waals surface area contributed by atoms with Gasteiger partial charge in [-0.3, -0.25) is 0 Å². The molecule has 10 atom stereocenters. The first-order valence-corrected chi connectivity index (χ1v) is 15.7. The highest BCUT2D eigenvalue weighted by atomic mass is 16.6. The van der Waals surface area contributed by atoms with E-state index in [1.807, 2.05) is 62.3 Å². The Bertz CT molecular complexity index is 615. The molecule has 0 aliphatic carbocycles. The highest BCUT2D eigenvalue weighted by Gasteiger charge is 2.15. The van der Waals surface area contributed by atoms with Crippen LogP contribution >= 0.6 is 0 Å². The van der Waals surface area contributed by atoms with Gasteiger partial charge < -0.3 is 57.6 Å². The summed E-state index contributed by atoms with van der Waals surface area (Å²) < 4.78 is 56.8. The summed E-state index contributed by atoms with van der Waals surface area (Å²) in [5, 5.41) is 18.7. The van der Waals surface area contributed by atoms with Crippen LogP contribution in [0.25, 0.3) is 0 Å². The van der Waals surface area contributed by atoms with Crippen molar-refractivity contribution in [1.82, 2.24) is 0 Å². The molecule has 0 aromatic carbocycles. The van der Waals surface area contributed by atoms with Crippen LogP contribution in [0.4, 0.5) is 0 Å². The fourth-order valence-corrected chi connectivity index (χ4v) is 3.35. The topological polar surface area (TPSA) is 133 Å². The van der Waals surface area contributed by atoms with Gasteiger partial charge in [-0.15, -0.1) is 0 Å². The average molecular weight is 629 g/mol. The van der Waals surface area contributed by atoms with E-state index < -0.39 is 6.10 Å². The maximum absolute atomic E-state index is 9.65. The molecular weight excluding hydrogens is 564 g/mol. The molecule has 10 unspecified atom stereocenters. The standard InChI is InChI=1S/C31H64O12/c1-22(11-32)35-12-23(2)36-13-24(3)37-14-25(4)38-15-26(5)39-16-27(6)40-17-28(7)41-18-29(8)42-19-30(9)43-21-31(33)20-34-10/h22-33H,11-21H2,1-10H3. The second kappa shape index (κ2) is 26.7. The molecule has 0 aromatic rings. The van der Waals surface area contributed by atoms with E-state index in [0.717, 1.165) is 0 Å². The fourth-order valence-electron chi connectivity index (χ4n) is 3.35. The third-order valence-corrected chi connectivity index (χ3v) is 6.11. The van der Waals surface area contributed by atoms with Crippen molar-refractivity contribution in [2.75, 3.05) is 79.8 Å². The predicted octanol–water partition coefficient (Wildman–Crippen LogP) is 2.63. The van der Waals surface area contributed by atoms with Crippen molar-refractivity contribution in [3.05, 3.63) is 0 Å². The molecule has 0 amide bonds. The predicted molar refractivity (Wildman–Crippen MR) is 164 cm³/mol. The fraction of sp³-hybridized carbons (Fsp3) is 1.00. The number of rotatable bonds is 30. The van der Waals surface area contributed by atoms with Gasteiger partial charge in [0.2, 0.25) is 0 Å². The molecule has 0 aromatic heterocycles. The minimum atomic E-state index is -0.641. The minimum absolute atomic E-state index is 0.00536. The van der Waals surface area contributed by atoms with Gasteiger partial charge in [-0.2, -0.15) is 0 Å². The number of aliphatic hydroxyl groups is 2. The second-order valence-electron chi connectivity index (χ2n) is 11.6. The van der Waals surface area contributed by atoms with Gasteiger partial charge in [-0.05, 0) is 62.3 Å². The van der Waals surface area contributed by atoms with Gasteiger partial charge in [0, 0.05) is 7.11 Å². The van der Waals surface area contributed by atoms with E-state index in [9.17, 15) is 5.11 Å². The van der Waals surface area contributed by atoms with Gasteiger partial charge in [0.05, 0.1) is 128 Å². The van der Waals surface area contributed by atoms with Crippen molar-refractivity contribution in [3.63, 3.8) is 0 Å². The molecule has 0 aliphatic rings. The molecule has 0 rings (SSSR count). The summed E-state index contributed by atoms with van der Waals surface area (Å²) in [6.45, 7) is 21.4. The molecular formula is C31H64O12. The summed E-state index contributed by atoms with van der Waals surface area (Å²) in [4.78, 5) is 0. The first-order chi connectivity index (χ1) is 20.4. The Morgan fingerprint density at radius 3 is 0.767 bits per heavy atom. The summed E-state index contributed by atoms with van der Waals surface area (Å²) in [5.74, 6) is 0. The lowest BCUT2D eigenvalue weighted by atomic mass is 10.3. The second-order valence-corrected chi connectivity index (χ2v) is 11.6. The van der Waals surface area contributed by atoms with Gasteiger partial charge in [0.25, 0.3) is 0 Å². The van der Waals surface area contributed by atoms with E-state index in [1.165, 1.54) is 7.11 Å². The molecule has 0 heterocycles. The molecule has 0 saturated heterocycles. The number of aliphatic hydroxyl groups excluding tert-OH is 2. The van der Waals surface area contributed by atoms with E-state index in [1.54, 1.807) is 0 Å². The number of hydrogen-bond acceptors (Lipinski definition) is 12.